The van der Waals surface area contributed by atoms with Crippen LogP contribution in [0.5, 0.6) is 5.75 Å². The van der Waals surface area contributed by atoms with Crippen molar-refractivity contribution >= 4 is 24.0 Å². The molecule has 4 heteroatoms. The van der Waals surface area contributed by atoms with Crippen LogP contribution in [0.1, 0.15) is 25.5 Å². The van der Waals surface area contributed by atoms with Gasteiger partial charge in [-0.15, -0.1) is 12.4 Å². The summed E-state index contributed by atoms with van der Waals surface area (Å²) in [5, 5.41) is 0.674. The molecule has 80 valence electrons. The summed E-state index contributed by atoms with van der Waals surface area (Å²) in [7, 11) is 0. The van der Waals surface area contributed by atoms with Crippen molar-refractivity contribution in [3.8, 4) is 5.75 Å². The number of rotatable bonds is 3. The van der Waals surface area contributed by atoms with Crippen molar-refractivity contribution in [1.82, 2.24) is 0 Å². The van der Waals surface area contributed by atoms with E-state index in [0.717, 1.165) is 11.3 Å². The van der Waals surface area contributed by atoms with Crippen LogP contribution >= 0.6 is 24.0 Å². The Morgan fingerprint density at radius 1 is 1.50 bits per heavy atom. The van der Waals surface area contributed by atoms with Gasteiger partial charge in [-0.3, -0.25) is 0 Å². The van der Waals surface area contributed by atoms with Crippen molar-refractivity contribution in [3.05, 3.63) is 28.8 Å². The highest BCUT2D eigenvalue weighted by Gasteiger charge is 2.07. The van der Waals surface area contributed by atoms with E-state index in [0.29, 0.717) is 11.6 Å². The van der Waals surface area contributed by atoms with E-state index in [4.69, 9.17) is 22.1 Å². The molecule has 1 atom stereocenters. The molecule has 2 nitrogen and oxygen atoms in total. The van der Waals surface area contributed by atoms with Crippen LogP contribution in [0.2, 0.25) is 5.02 Å². The van der Waals surface area contributed by atoms with Crippen LogP contribution < -0.4 is 10.5 Å². The Morgan fingerprint density at radius 3 is 2.64 bits per heavy atom. The van der Waals surface area contributed by atoms with E-state index in [-0.39, 0.29) is 18.4 Å². The Labute approximate surface area is 95.8 Å². The van der Waals surface area contributed by atoms with Gasteiger partial charge in [0.25, 0.3) is 0 Å². The summed E-state index contributed by atoms with van der Waals surface area (Å²) in [4.78, 5) is 0. The molecule has 14 heavy (non-hydrogen) atoms. The minimum atomic E-state index is -0.0289. The molecule has 1 unspecified atom stereocenters. The minimum Gasteiger partial charge on any atom is -0.493 e. The lowest BCUT2D eigenvalue weighted by atomic mass is 10.1. The largest absolute Gasteiger partial charge is 0.493 e. The van der Waals surface area contributed by atoms with Crippen LogP contribution in [0, 0.1) is 0 Å². The maximum atomic E-state index is 5.84. The zero-order valence-electron chi connectivity index (χ0n) is 8.29. The topological polar surface area (TPSA) is 35.2 Å². The van der Waals surface area contributed by atoms with Gasteiger partial charge in [0.2, 0.25) is 0 Å². The lowest BCUT2D eigenvalue weighted by molar-refractivity contribution is 0.335. The first-order valence-electron chi connectivity index (χ1n) is 4.33. The smallest absolute Gasteiger partial charge is 0.125 e. The minimum absolute atomic E-state index is 0. The highest BCUT2D eigenvalue weighted by molar-refractivity contribution is 6.30. The number of ether oxygens (including phenoxy) is 1. The Kier molecular flexibility index (Phi) is 5.93. The van der Waals surface area contributed by atoms with E-state index >= 15 is 0 Å². The average Bonchev–Trinajstić information content (AvgIpc) is 2.04. The van der Waals surface area contributed by atoms with Gasteiger partial charge in [0.1, 0.15) is 5.75 Å². The number of benzene rings is 1. The van der Waals surface area contributed by atoms with Crippen molar-refractivity contribution in [2.24, 2.45) is 5.73 Å². The third kappa shape index (κ3) is 3.37. The highest BCUT2D eigenvalue weighted by atomic mass is 35.5. The SMILES string of the molecule is CCOc1cc(Cl)ccc1C(C)N.Cl. The maximum Gasteiger partial charge on any atom is 0.125 e. The Balaban J connectivity index is 0.00000169. The molecule has 0 saturated heterocycles. The molecule has 0 aliphatic carbocycles. The molecule has 0 heterocycles. The summed E-state index contributed by atoms with van der Waals surface area (Å²) in [6, 6.07) is 5.49. The lowest BCUT2D eigenvalue weighted by Crippen LogP contribution is -2.07. The molecular formula is C10H15Cl2NO. The number of halogens is 2. The van der Waals surface area contributed by atoms with Gasteiger partial charge in [-0.2, -0.15) is 0 Å². The molecular weight excluding hydrogens is 221 g/mol. The molecule has 0 aliphatic heterocycles. The summed E-state index contributed by atoms with van der Waals surface area (Å²) in [5.74, 6) is 0.782. The second-order valence-electron chi connectivity index (χ2n) is 2.90. The first-order chi connectivity index (χ1) is 6.15. The molecule has 0 spiro atoms. The molecule has 0 radical (unpaired) electrons. The standard InChI is InChI=1S/C10H14ClNO.ClH/c1-3-13-10-6-8(11)4-5-9(10)7(2)12;/h4-7H,3,12H2,1-2H3;1H. The molecule has 1 rings (SSSR count). The number of hydrogen-bond acceptors (Lipinski definition) is 2. The quantitative estimate of drug-likeness (QED) is 0.874. The molecule has 1 aromatic rings. The van der Waals surface area contributed by atoms with Gasteiger partial charge < -0.3 is 10.5 Å². The summed E-state index contributed by atoms with van der Waals surface area (Å²) < 4.78 is 5.41. The fourth-order valence-electron chi connectivity index (χ4n) is 1.16. The van der Waals surface area contributed by atoms with E-state index in [1.807, 2.05) is 26.0 Å². The molecule has 0 aliphatic rings. The highest BCUT2D eigenvalue weighted by Crippen LogP contribution is 2.27. The van der Waals surface area contributed by atoms with E-state index < -0.39 is 0 Å². The Hall–Kier alpha value is -0.440. The van der Waals surface area contributed by atoms with Gasteiger partial charge in [0.05, 0.1) is 6.61 Å². The van der Waals surface area contributed by atoms with Crippen LogP contribution in [0.3, 0.4) is 0 Å². The van der Waals surface area contributed by atoms with E-state index in [9.17, 15) is 0 Å². The number of hydrogen-bond donors (Lipinski definition) is 1. The van der Waals surface area contributed by atoms with Crippen LogP contribution in [-0.4, -0.2) is 6.61 Å². The molecule has 0 bridgehead atoms. The maximum absolute atomic E-state index is 5.84. The van der Waals surface area contributed by atoms with Gasteiger partial charge in [0, 0.05) is 16.6 Å². The molecule has 2 N–H and O–H groups in total. The molecule has 0 fully saturated rings. The van der Waals surface area contributed by atoms with Gasteiger partial charge >= 0.3 is 0 Å². The summed E-state index contributed by atoms with van der Waals surface area (Å²) in [6.07, 6.45) is 0. The molecule has 1 aromatic carbocycles. The zero-order chi connectivity index (χ0) is 9.84. The fraction of sp³-hybridized carbons (Fsp3) is 0.400. The third-order valence-electron chi connectivity index (χ3n) is 1.77. The van der Waals surface area contributed by atoms with E-state index in [1.165, 1.54) is 0 Å². The predicted molar refractivity (Wildman–Crippen MR) is 62.5 cm³/mol. The summed E-state index contributed by atoms with van der Waals surface area (Å²) in [5.41, 5.74) is 6.76. The van der Waals surface area contributed by atoms with E-state index in [2.05, 4.69) is 0 Å². The van der Waals surface area contributed by atoms with Crippen LogP contribution in [0.25, 0.3) is 0 Å². The monoisotopic (exact) mass is 235 g/mol. The van der Waals surface area contributed by atoms with Crippen molar-refractivity contribution in [2.45, 2.75) is 19.9 Å². The average molecular weight is 236 g/mol. The Morgan fingerprint density at radius 2 is 2.14 bits per heavy atom. The Bertz CT molecular complexity index is 289. The van der Waals surface area contributed by atoms with Crippen molar-refractivity contribution < 1.29 is 4.74 Å². The van der Waals surface area contributed by atoms with Gasteiger partial charge in [0.15, 0.2) is 0 Å². The van der Waals surface area contributed by atoms with Crippen molar-refractivity contribution in [2.75, 3.05) is 6.61 Å². The predicted octanol–water partition coefficient (Wildman–Crippen LogP) is 3.18. The van der Waals surface area contributed by atoms with Crippen LogP contribution in [0.15, 0.2) is 18.2 Å². The van der Waals surface area contributed by atoms with Gasteiger partial charge in [-0.25, -0.2) is 0 Å². The van der Waals surface area contributed by atoms with E-state index in [1.54, 1.807) is 6.07 Å². The fourth-order valence-corrected chi connectivity index (χ4v) is 1.33. The van der Waals surface area contributed by atoms with Crippen molar-refractivity contribution in [3.63, 3.8) is 0 Å². The first kappa shape index (κ1) is 13.6. The number of nitrogens with two attached hydrogens (primary N) is 1. The summed E-state index contributed by atoms with van der Waals surface area (Å²) in [6.45, 7) is 4.48. The lowest BCUT2D eigenvalue weighted by Gasteiger charge is -2.12. The second kappa shape index (κ2) is 6.12. The summed E-state index contributed by atoms with van der Waals surface area (Å²) >= 11 is 5.84. The van der Waals surface area contributed by atoms with Crippen LogP contribution in [0.4, 0.5) is 0 Å². The van der Waals surface area contributed by atoms with Crippen LogP contribution in [-0.2, 0) is 0 Å². The van der Waals surface area contributed by atoms with Gasteiger partial charge in [-0.05, 0) is 26.0 Å². The van der Waals surface area contributed by atoms with Gasteiger partial charge in [-0.1, -0.05) is 17.7 Å². The molecule has 0 saturated carbocycles. The first-order valence-corrected chi connectivity index (χ1v) is 4.70. The van der Waals surface area contributed by atoms with Crippen molar-refractivity contribution in [1.29, 1.82) is 0 Å². The molecule has 0 amide bonds. The third-order valence-corrected chi connectivity index (χ3v) is 2.00. The molecule has 0 aromatic heterocycles. The second-order valence-corrected chi connectivity index (χ2v) is 3.34. The normalized spacial score (nSPS) is 11.7. The zero-order valence-corrected chi connectivity index (χ0v) is 9.86.